The van der Waals surface area contributed by atoms with Crippen LogP contribution in [0, 0.1) is 5.92 Å². The maximum Gasteiger partial charge on any atom is 0.573 e. The van der Waals surface area contributed by atoms with Crippen molar-refractivity contribution in [3.8, 4) is 5.75 Å². The lowest BCUT2D eigenvalue weighted by Gasteiger charge is -2.29. The number of urea groups is 1. The Kier molecular flexibility index (Phi) is 5.41. The van der Waals surface area contributed by atoms with E-state index in [1.807, 2.05) is 6.92 Å². The molecule has 2 aliphatic carbocycles. The number of nitrogens with zero attached hydrogens (tertiary/aromatic N) is 3. The summed E-state index contributed by atoms with van der Waals surface area (Å²) in [5, 5.41) is 3.52. The largest absolute Gasteiger partial charge is 0.573 e. The number of amides is 3. The molecule has 3 amide bonds. The van der Waals surface area contributed by atoms with Crippen LogP contribution in [0.15, 0.2) is 42.7 Å². The van der Waals surface area contributed by atoms with Gasteiger partial charge in [-0.2, -0.15) is 0 Å². The molecular weight excluding hydrogens is 449 g/mol. The number of ether oxygens (including phenoxy) is 1. The fourth-order valence-corrected chi connectivity index (χ4v) is 5.17. The molecule has 1 aromatic carbocycles. The average Bonchev–Trinajstić information content (AvgIpc) is 3.41. The number of halogens is 3. The molecule has 34 heavy (non-hydrogen) atoms. The topological polar surface area (TPSA) is 74.8 Å². The molecule has 2 unspecified atom stereocenters. The average molecular weight is 474 g/mol. The minimum atomic E-state index is -4.83. The van der Waals surface area contributed by atoms with E-state index >= 15 is 0 Å². The van der Waals surface area contributed by atoms with E-state index in [4.69, 9.17) is 0 Å². The van der Waals surface area contributed by atoms with Crippen LogP contribution in [0.1, 0.15) is 45.4 Å². The SMILES string of the molecule is CC1CC12C(=O)N(c1ccc(OC(F)(F)F)cc1)C(=O)N2c1ccncc1NC1CCCCC1. The van der Waals surface area contributed by atoms with Gasteiger partial charge in [0.2, 0.25) is 0 Å². The van der Waals surface area contributed by atoms with E-state index in [0.717, 1.165) is 42.7 Å². The summed E-state index contributed by atoms with van der Waals surface area (Å²) >= 11 is 0. The highest BCUT2D eigenvalue weighted by atomic mass is 19.4. The molecule has 1 aliphatic heterocycles. The van der Waals surface area contributed by atoms with Gasteiger partial charge in [0.15, 0.2) is 0 Å². The summed E-state index contributed by atoms with van der Waals surface area (Å²) in [4.78, 5) is 34.0. The molecule has 0 radical (unpaired) electrons. The number of hydrogen-bond donors (Lipinski definition) is 1. The van der Waals surface area contributed by atoms with Crippen LogP contribution in [-0.4, -0.2) is 34.9 Å². The Labute approximate surface area is 194 Å². The highest BCUT2D eigenvalue weighted by Crippen LogP contribution is 2.56. The molecule has 2 saturated carbocycles. The van der Waals surface area contributed by atoms with Gasteiger partial charge in [-0.25, -0.2) is 9.69 Å². The molecule has 1 spiro atoms. The van der Waals surface area contributed by atoms with Crippen molar-refractivity contribution in [3.05, 3.63) is 42.7 Å². The molecular formula is C24H25F3N4O3. The number of carbonyl (C=O) groups excluding carboxylic acids is 2. The van der Waals surface area contributed by atoms with E-state index in [1.54, 1.807) is 18.5 Å². The van der Waals surface area contributed by atoms with Gasteiger partial charge in [-0.15, -0.1) is 13.2 Å². The number of anilines is 3. The monoisotopic (exact) mass is 474 g/mol. The predicted octanol–water partition coefficient (Wildman–Crippen LogP) is 5.48. The zero-order chi connectivity index (χ0) is 24.1. The second-order valence-electron chi connectivity index (χ2n) is 9.20. The Morgan fingerprint density at radius 1 is 1.09 bits per heavy atom. The van der Waals surface area contributed by atoms with Crippen molar-refractivity contribution in [2.24, 2.45) is 5.92 Å². The van der Waals surface area contributed by atoms with E-state index in [2.05, 4.69) is 15.0 Å². The first-order valence-electron chi connectivity index (χ1n) is 11.5. The Hall–Kier alpha value is -3.30. The highest BCUT2D eigenvalue weighted by Gasteiger charge is 2.70. The Morgan fingerprint density at radius 2 is 1.76 bits per heavy atom. The molecule has 10 heteroatoms. The van der Waals surface area contributed by atoms with Crippen LogP contribution in [-0.2, 0) is 4.79 Å². The van der Waals surface area contributed by atoms with Crippen LogP contribution >= 0.6 is 0 Å². The zero-order valence-electron chi connectivity index (χ0n) is 18.6. The minimum Gasteiger partial charge on any atom is -0.406 e. The number of hydrogen-bond acceptors (Lipinski definition) is 5. The molecule has 2 atom stereocenters. The van der Waals surface area contributed by atoms with Crippen molar-refractivity contribution >= 4 is 29.0 Å². The van der Waals surface area contributed by atoms with Gasteiger partial charge in [0.1, 0.15) is 11.3 Å². The maximum atomic E-state index is 13.6. The number of pyridine rings is 1. The van der Waals surface area contributed by atoms with E-state index in [-0.39, 0.29) is 23.6 Å². The van der Waals surface area contributed by atoms with Gasteiger partial charge in [-0.1, -0.05) is 26.2 Å². The number of aromatic nitrogens is 1. The van der Waals surface area contributed by atoms with Gasteiger partial charge in [0.25, 0.3) is 5.91 Å². The number of carbonyl (C=O) groups is 2. The molecule has 2 heterocycles. The number of nitrogens with one attached hydrogen (secondary N) is 1. The Balaban J connectivity index is 1.47. The van der Waals surface area contributed by atoms with Crippen molar-refractivity contribution in [2.45, 2.75) is 63.4 Å². The third kappa shape index (κ3) is 3.84. The van der Waals surface area contributed by atoms with E-state index in [9.17, 15) is 22.8 Å². The first kappa shape index (κ1) is 22.5. The molecule has 3 fully saturated rings. The second-order valence-corrected chi connectivity index (χ2v) is 9.20. The van der Waals surface area contributed by atoms with E-state index in [1.165, 1.54) is 23.5 Å². The van der Waals surface area contributed by atoms with Crippen molar-refractivity contribution in [1.29, 1.82) is 0 Å². The first-order valence-corrected chi connectivity index (χ1v) is 11.5. The summed E-state index contributed by atoms with van der Waals surface area (Å²) < 4.78 is 41.4. The lowest BCUT2D eigenvalue weighted by molar-refractivity contribution is -0.274. The summed E-state index contributed by atoms with van der Waals surface area (Å²) in [5.74, 6) is -0.859. The number of benzene rings is 1. The minimum absolute atomic E-state index is 0.0579. The second kappa shape index (κ2) is 8.18. The van der Waals surface area contributed by atoms with Gasteiger partial charge in [-0.3, -0.25) is 14.7 Å². The lowest BCUT2D eigenvalue weighted by Crippen LogP contribution is -2.39. The van der Waals surface area contributed by atoms with Gasteiger partial charge in [0.05, 0.1) is 23.3 Å². The van der Waals surface area contributed by atoms with Crippen molar-refractivity contribution in [2.75, 3.05) is 15.1 Å². The van der Waals surface area contributed by atoms with Crippen molar-refractivity contribution in [1.82, 2.24) is 4.98 Å². The van der Waals surface area contributed by atoms with Gasteiger partial charge in [0, 0.05) is 12.2 Å². The summed E-state index contributed by atoms with van der Waals surface area (Å²) in [6.45, 7) is 1.91. The third-order valence-corrected chi connectivity index (χ3v) is 6.96. The molecule has 7 nitrogen and oxygen atoms in total. The Bertz CT molecular complexity index is 1100. The number of alkyl halides is 3. The molecule has 180 valence electrons. The van der Waals surface area contributed by atoms with Gasteiger partial charge >= 0.3 is 12.4 Å². The molecule has 1 aromatic heterocycles. The smallest absolute Gasteiger partial charge is 0.406 e. The van der Waals surface area contributed by atoms with E-state index < -0.39 is 23.7 Å². The standard InChI is InChI=1S/C24H25F3N4O3/c1-15-13-23(15)21(32)30(17-7-9-18(10-8-17)34-24(25,26)27)22(33)31(23)20-11-12-28-14-19(20)29-16-5-3-2-4-6-16/h7-12,14-16,29H,2-6,13H2,1H3. The molecule has 3 aliphatic rings. The van der Waals surface area contributed by atoms with Crippen molar-refractivity contribution in [3.63, 3.8) is 0 Å². The van der Waals surface area contributed by atoms with Crippen LogP contribution in [0.25, 0.3) is 0 Å². The summed E-state index contributed by atoms with van der Waals surface area (Å²) in [7, 11) is 0. The van der Waals surface area contributed by atoms with Crippen molar-refractivity contribution < 1.29 is 27.5 Å². The van der Waals surface area contributed by atoms with Crippen LogP contribution in [0.4, 0.5) is 35.0 Å². The fourth-order valence-electron chi connectivity index (χ4n) is 5.17. The van der Waals surface area contributed by atoms with Crippen LogP contribution < -0.4 is 19.9 Å². The fraction of sp³-hybridized carbons (Fsp3) is 0.458. The summed E-state index contributed by atoms with van der Waals surface area (Å²) in [5.41, 5.74) is 0.469. The molecule has 5 rings (SSSR count). The molecule has 1 saturated heterocycles. The first-order chi connectivity index (χ1) is 16.2. The lowest BCUT2D eigenvalue weighted by atomic mass is 9.95. The quantitative estimate of drug-likeness (QED) is 0.581. The normalized spacial score (nSPS) is 25.2. The molecule has 1 N–H and O–H groups in total. The molecule has 0 bridgehead atoms. The van der Waals surface area contributed by atoms with E-state index in [0.29, 0.717) is 17.8 Å². The number of imide groups is 1. The van der Waals surface area contributed by atoms with Crippen LogP contribution in [0.3, 0.4) is 0 Å². The number of rotatable bonds is 5. The predicted molar refractivity (Wildman–Crippen MR) is 120 cm³/mol. The van der Waals surface area contributed by atoms with Crippen LogP contribution in [0.2, 0.25) is 0 Å². The summed E-state index contributed by atoms with van der Waals surface area (Å²) in [6.07, 6.45) is 4.49. The third-order valence-electron chi connectivity index (χ3n) is 6.96. The van der Waals surface area contributed by atoms with Gasteiger partial charge < -0.3 is 10.1 Å². The maximum absolute atomic E-state index is 13.6. The highest BCUT2D eigenvalue weighted by molar-refractivity contribution is 6.32. The molecule has 2 aromatic rings. The van der Waals surface area contributed by atoms with Gasteiger partial charge in [-0.05, 0) is 55.5 Å². The Morgan fingerprint density at radius 3 is 2.38 bits per heavy atom. The summed E-state index contributed by atoms with van der Waals surface area (Å²) in [6, 6.07) is 6.23. The van der Waals surface area contributed by atoms with Crippen LogP contribution in [0.5, 0.6) is 5.75 Å². The zero-order valence-corrected chi connectivity index (χ0v) is 18.6.